The number of thioether (sulfide) groups is 1. The van der Waals surface area contributed by atoms with Gasteiger partial charge in [0.15, 0.2) is 5.16 Å². The average Bonchev–Trinajstić information content (AvgIpc) is 3.08. The van der Waals surface area contributed by atoms with E-state index in [-0.39, 0.29) is 24.0 Å². The fourth-order valence-electron chi connectivity index (χ4n) is 2.66. The molecule has 0 aliphatic heterocycles. The number of aromatic nitrogens is 3. The van der Waals surface area contributed by atoms with E-state index in [1.807, 2.05) is 24.3 Å². The molecule has 0 spiro atoms. The molecule has 0 atom stereocenters. The first-order valence-corrected chi connectivity index (χ1v) is 10.8. The molecule has 156 valence electrons. The molecule has 0 saturated carbocycles. The highest BCUT2D eigenvalue weighted by atomic mass is 35.5. The fraction of sp³-hybridized carbons (Fsp3) is 0.238. The standard InChI is InChI=1S/C21H22ClN5O2S/c1-3-14-4-8-16(9-5-14)24-20(29)13-30-21-26-25-18(27(21)2)12-19(28)23-17-10-6-15(22)7-11-17/h4-11H,3,12-13H2,1-2H3,(H,23,28)(H,24,29). The van der Waals surface area contributed by atoms with Gasteiger partial charge >= 0.3 is 0 Å². The van der Waals surface area contributed by atoms with E-state index >= 15 is 0 Å². The third-order valence-electron chi connectivity index (χ3n) is 4.35. The van der Waals surface area contributed by atoms with Crippen molar-refractivity contribution in [3.63, 3.8) is 0 Å². The van der Waals surface area contributed by atoms with Crippen LogP contribution >= 0.6 is 23.4 Å². The predicted octanol–water partition coefficient (Wildman–Crippen LogP) is 3.94. The van der Waals surface area contributed by atoms with Gasteiger partial charge in [-0.1, -0.05) is 42.4 Å². The Hall–Kier alpha value is -2.84. The molecule has 0 radical (unpaired) electrons. The fourth-order valence-corrected chi connectivity index (χ4v) is 3.51. The lowest BCUT2D eigenvalue weighted by molar-refractivity contribution is -0.116. The highest BCUT2D eigenvalue weighted by Gasteiger charge is 2.14. The summed E-state index contributed by atoms with van der Waals surface area (Å²) >= 11 is 7.11. The summed E-state index contributed by atoms with van der Waals surface area (Å²) < 4.78 is 1.72. The number of benzene rings is 2. The summed E-state index contributed by atoms with van der Waals surface area (Å²) in [5.41, 5.74) is 2.63. The van der Waals surface area contributed by atoms with E-state index in [1.54, 1.807) is 35.9 Å². The summed E-state index contributed by atoms with van der Waals surface area (Å²) in [6.07, 6.45) is 1.03. The van der Waals surface area contributed by atoms with Crippen LogP contribution in [0, 0.1) is 0 Å². The molecule has 2 N–H and O–H groups in total. The minimum Gasteiger partial charge on any atom is -0.326 e. The molecule has 3 rings (SSSR count). The number of halogens is 1. The van der Waals surface area contributed by atoms with Crippen molar-refractivity contribution >= 4 is 46.6 Å². The van der Waals surface area contributed by atoms with Gasteiger partial charge in [-0.05, 0) is 48.4 Å². The molecule has 2 aromatic carbocycles. The Balaban J connectivity index is 1.51. The van der Waals surface area contributed by atoms with Gasteiger partial charge in [0, 0.05) is 23.4 Å². The van der Waals surface area contributed by atoms with E-state index in [0.717, 1.165) is 12.1 Å². The van der Waals surface area contributed by atoms with E-state index in [4.69, 9.17) is 11.6 Å². The third kappa shape index (κ3) is 6.08. The minimum absolute atomic E-state index is 0.0721. The number of nitrogens with one attached hydrogen (secondary N) is 2. The maximum atomic E-state index is 12.2. The van der Waals surface area contributed by atoms with Crippen LogP contribution in [0.2, 0.25) is 5.02 Å². The van der Waals surface area contributed by atoms with Crippen LogP contribution in [-0.2, 0) is 29.5 Å². The summed E-state index contributed by atoms with van der Waals surface area (Å²) in [4.78, 5) is 24.4. The van der Waals surface area contributed by atoms with E-state index in [1.165, 1.54) is 17.3 Å². The highest BCUT2D eigenvalue weighted by molar-refractivity contribution is 7.99. The van der Waals surface area contributed by atoms with E-state index in [9.17, 15) is 9.59 Å². The molecule has 30 heavy (non-hydrogen) atoms. The van der Waals surface area contributed by atoms with Crippen molar-refractivity contribution in [2.75, 3.05) is 16.4 Å². The second-order valence-corrected chi connectivity index (χ2v) is 7.96. The summed E-state index contributed by atoms with van der Waals surface area (Å²) in [7, 11) is 1.77. The number of rotatable bonds is 8. The Labute approximate surface area is 184 Å². The van der Waals surface area contributed by atoms with Crippen LogP contribution in [0.1, 0.15) is 18.3 Å². The van der Waals surface area contributed by atoms with Gasteiger partial charge in [0.2, 0.25) is 11.8 Å². The van der Waals surface area contributed by atoms with E-state index in [2.05, 4.69) is 27.8 Å². The SMILES string of the molecule is CCc1ccc(NC(=O)CSc2nnc(CC(=O)Nc3ccc(Cl)cc3)n2C)cc1. The molecular weight excluding hydrogens is 422 g/mol. The van der Waals surface area contributed by atoms with Gasteiger partial charge in [0.25, 0.3) is 0 Å². The maximum absolute atomic E-state index is 12.2. The number of aryl methyl sites for hydroxylation is 1. The lowest BCUT2D eigenvalue weighted by Crippen LogP contribution is -2.17. The Kier molecular flexibility index (Phi) is 7.48. The van der Waals surface area contributed by atoms with Gasteiger partial charge in [-0.15, -0.1) is 10.2 Å². The lowest BCUT2D eigenvalue weighted by Gasteiger charge is -2.07. The number of nitrogens with zero attached hydrogens (tertiary/aromatic N) is 3. The molecule has 9 heteroatoms. The molecule has 0 aliphatic rings. The first-order chi connectivity index (χ1) is 14.4. The van der Waals surface area contributed by atoms with Crippen molar-refractivity contribution in [3.8, 4) is 0 Å². The van der Waals surface area contributed by atoms with Crippen molar-refractivity contribution in [2.24, 2.45) is 7.05 Å². The summed E-state index contributed by atoms with van der Waals surface area (Å²) in [6.45, 7) is 2.08. The van der Waals surface area contributed by atoms with Crippen molar-refractivity contribution in [1.82, 2.24) is 14.8 Å². The Morgan fingerprint density at radius 1 is 0.967 bits per heavy atom. The quantitative estimate of drug-likeness (QED) is 0.515. The number of amides is 2. The number of carbonyl (C=O) groups excluding carboxylic acids is 2. The molecule has 0 unspecified atom stereocenters. The van der Waals surface area contributed by atoms with Crippen molar-refractivity contribution in [2.45, 2.75) is 24.9 Å². The monoisotopic (exact) mass is 443 g/mol. The molecule has 0 fully saturated rings. The number of anilines is 2. The molecule has 0 aliphatic carbocycles. The number of hydrogen-bond acceptors (Lipinski definition) is 5. The van der Waals surface area contributed by atoms with Crippen LogP contribution in [0.5, 0.6) is 0 Å². The third-order valence-corrected chi connectivity index (χ3v) is 5.62. The summed E-state index contributed by atoms with van der Waals surface area (Å²) in [6, 6.07) is 14.6. The summed E-state index contributed by atoms with van der Waals surface area (Å²) in [5.74, 6) is 0.366. The normalized spacial score (nSPS) is 10.6. The minimum atomic E-state index is -0.211. The van der Waals surface area contributed by atoms with Gasteiger partial charge in [-0.2, -0.15) is 0 Å². The Morgan fingerprint density at radius 3 is 2.20 bits per heavy atom. The van der Waals surface area contributed by atoms with Crippen molar-refractivity contribution in [1.29, 1.82) is 0 Å². The average molecular weight is 444 g/mol. The molecule has 1 heterocycles. The predicted molar refractivity (Wildman–Crippen MR) is 120 cm³/mol. The van der Waals surface area contributed by atoms with E-state index < -0.39 is 0 Å². The van der Waals surface area contributed by atoms with Crippen LogP contribution in [0.4, 0.5) is 11.4 Å². The second kappa shape index (κ2) is 10.3. The van der Waals surface area contributed by atoms with E-state index in [0.29, 0.717) is 21.7 Å². The van der Waals surface area contributed by atoms with Gasteiger partial charge in [-0.3, -0.25) is 9.59 Å². The van der Waals surface area contributed by atoms with Gasteiger partial charge in [0.05, 0.1) is 12.2 Å². The zero-order valence-corrected chi connectivity index (χ0v) is 18.3. The highest BCUT2D eigenvalue weighted by Crippen LogP contribution is 2.18. The Bertz CT molecular complexity index is 1020. The molecule has 7 nitrogen and oxygen atoms in total. The topological polar surface area (TPSA) is 88.9 Å². The maximum Gasteiger partial charge on any atom is 0.234 e. The van der Waals surface area contributed by atoms with Gasteiger partial charge in [-0.25, -0.2) is 0 Å². The van der Waals surface area contributed by atoms with Crippen molar-refractivity contribution in [3.05, 3.63) is 64.9 Å². The molecule has 1 aromatic heterocycles. The number of carbonyl (C=O) groups is 2. The molecule has 2 amide bonds. The first-order valence-electron chi connectivity index (χ1n) is 9.40. The van der Waals surface area contributed by atoms with Crippen molar-refractivity contribution < 1.29 is 9.59 Å². The zero-order valence-electron chi connectivity index (χ0n) is 16.7. The largest absolute Gasteiger partial charge is 0.326 e. The second-order valence-electron chi connectivity index (χ2n) is 6.58. The van der Waals surface area contributed by atoms with Gasteiger partial charge in [0.1, 0.15) is 5.82 Å². The molecule has 0 saturated heterocycles. The van der Waals surface area contributed by atoms with Crippen LogP contribution in [0.25, 0.3) is 0 Å². The smallest absolute Gasteiger partial charge is 0.234 e. The van der Waals surface area contributed by atoms with Crippen LogP contribution < -0.4 is 10.6 Å². The molecule has 3 aromatic rings. The van der Waals surface area contributed by atoms with Crippen LogP contribution in [0.3, 0.4) is 0 Å². The van der Waals surface area contributed by atoms with Crippen LogP contribution in [-0.4, -0.2) is 32.3 Å². The molecule has 0 bridgehead atoms. The first kappa shape index (κ1) is 21.9. The molecular formula is C21H22ClN5O2S. The Morgan fingerprint density at radius 2 is 1.57 bits per heavy atom. The van der Waals surface area contributed by atoms with Gasteiger partial charge < -0.3 is 15.2 Å². The van der Waals surface area contributed by atoms with Crippen LogP contribution in [0.15, 0.2) is 53.7 Å². The number of hydrogen-bond donors (Lipinski definition) is 2. The summed E-state index contributed by atoms with van der Waals surface area (Å²) in [5, 5.41) is 15.0. The lowest BCUT2D eigenvalue weighted by atomic mass is 10.1. The zero-order chi connectivity index (χ0) is 21.5.